The fourth-order valence-electron chi connectivity index (χ4n) is 3.31. The second-order valence-corrected chi connectivity index (χ2v) is 6.46. The molecule has 0 aromatic carbocycles. The van der Waals surface area contributed by atoms with Gasteiger partial charge in [0.05, 0.1) is 24.4 Å². The minimum atomic E-state index is -0.133. The topological polar surface area (TPSA) is 88.4 Å². The summed E-state index contributed by atoms with van der Waals surface area (Å²) in [5, 5.41) is 15.5. The predicted octanol–water partition coefficient (Wildman–Crippen LogP) is 1.75. The molecule has 0 aliphatic carbocycles. The van der Waals surface area contributed by atoms with Crippen molar-refractivity contribution in [3.63, 3.8) is 0 Å². The van der Waals surface area contributed by atoms with E-state index in [4.69, 9.17) is 4.74 Å². The van der Waals surface area contributed by atoms with Crippen LogP contribution in [-0.2, 0) is 17.7 Å². The second kappa shape index (κ2) is 5.96. The second-order valence-electron chi connectivity index (χ2n) is 6.46. The molecule has 3 aromatic heterocycles. The van der Waals surface area contributed by atoms with E-state index in [2.05, 4.69) is 20.4 Å². The van der Waals surface area contributed by atoms with E-state index in [1.165, 1.54) is 0 Å². The van der Waals surface area contributed by atoms with Gasteiger partial charge in [-0.05, 0) is 26.0 Å². The zero-order chi connectivity index (χ0) is 17.6. The number of carbonyl (C=O) groups is 1. The minimum absolute atomic E-state index is 0.0670. The molecule has 8 heteroatoms. The molecule has 1 aliphatic rings. The number of nitrogens with one attached hydrogen (secondary N) is 1. The number of nitrogens with zero attached hydrogens (tertiary/aromatic N) is 5. The Hall–Kier alpha value is -2.74. The van der Waals surface area contributed by atoms with Crippen molar-refractivity contribution in [1.82, 2.24) is 29.7 Å². The van der Waals surface area contributed by atoms with E-state index in [1.807, 2.05) is 42.6 Å². The van der Waals surface area contributed by atoms with Gasteiger partial charge in [0.2, 0.25) is 0 Å². The highest BCUT2D eigenvalue weighted by Crippen LogP contribution is 2.30. The summed E-state index contributed by atoms with van der Waals surface area (Å²) in [5.74, 6) is 0.576. The first-order chi connectivity index (χ1) is 12.0. The third kappa shape index (κ3) is 2.68. The van der Waals surface area contributed by atoms with Crippen molar-refractivity contribution in [1.29, 1.82) is 0 Å². The number of hydrogen-bond acceptors (Lipinski definition) is 5. The van der Waals surface area contributed by atoms with Crippen molar-refractivity contribution in [2.45, 2.75) is 39.0 Å². The summed E-state index contributed by atoms with van der Waals surface area (Å²) < 4.78 is 7.66. The van der Waals surface area contributed by atoms with Crippen LogP contribution in [0.1, 0.15) is 47.5 Å². The van der Waals surface area contributed by atoms with Gasteiger partial charge in [-0.1, -0.05) is 6.07 Å². The summed E-state index contributed by atoms with van der Waals surface area (Å²) in [4.78, 5) is 14.5. The summed E-state index contributed by atoms with van der Waals surface area (Å²) in [6, 6.07) is 5.70. The van der Waals surface area contributed by atoms with E-state index >= 15 is 0 Å². The molecule has 1 aliphatic heterocycles. The van der Waals surface area contributed by atoms with Crippen LogP contribution in [0, 0.1) is 0 Å². The van der Waals surface area contributed by atoms with Crippen LogP contribution in [0.5, 0.6) is 0 Å². The average Bonchev–Trinajstić information content (AvgIpc) is 3.19. The summed E-state index contributed by atoms with van der Waals surface area (Å²) in [5.41, 5.74) is 3.07. The van der Waals surface area contributed by atoms with Crippen molar-refractivity contribution in [3.05, 3.63) is 47.2 Å². The van der Waals surface area contributed by atoms with Gasteiger partial charge < -0.3 is 9.64 Å². The highest BCUT2D eigenvalue weighted by atomic mass is 16.5. The lowest BCUT2D eigenvalue weighted by Gasteiger charge is -2.25. The van der Waals surface area contributed by atoms with Crippen LogP contribution in [0.4, 0.5) is 0 Å². The lowest BCUT2D eigenvalue weighted by atomic mass is 9.99. The SMILES string of the molecule is C[C@@H]1Cc2c(C(=O)N(C)Cc3nnc4ccccn34)n[nH]c2[C@H](C)O1. The maximum absolute atomic E-state index is 12.9. The molecule has 0 saturated carbocycles. The Balaban J connectivity index is 1.59. The van der Waals surface area contributed by atoms with Crippen molar-refractivity contribution in [2.24, 2.45) is 0 Å². The number of pyridine rings is 1. The first-order valence-corrected chi connectivity index (χ1v) is 8.31. The number of hydrogen-bond donors (Lipinski definition) is 1. The lowest BCUT2D eigenvalue weighted by Crippen LogP contribution is -2.30. The quantitative estimate of drug-likeness (QED) is 0.785. The number of carbonyl (C=O) groups excluding carboxylic acids is 1. The monoisotopic (exact) mass is 340 g/mol. The molecular formula is C17H20N6O2. The van der Waals surface area contributed by atoms with Crippen LogP contribution in [-0.4, -0.2) is 48.8 Å². The first kappa shape index (κ1) is 15.8. The molecule has 0 unspecified atom stereocenters. The fourth-order valence-corrected chi connectivity index (χ4v) is 3.31. The molecule has 0 spiro atoms. The zero-order valence-corrected chi connectivity index (χ0v) is 14.4. The molecule has 25 heavy (non-hydrogen) atoms. The molecule has 0 bridgehead atoms. The van der Waals surface area contributed by atoms with Gasteiger partial charge >= 0.3 is 0 Å². The Labute approximate surface area is 144 Å². The number of H-pyrrole nitrogens is 1. The van der Waals surface area contributed by atoms with Crippen LogP contribution in [0.15, 0.2) is 24.4 Å². The van der Waals surface area contributed by atoms with Gasteiger partial charge in [0.25, 0.3) is 5.91 Å². The van der Waals surface area contributed by atoms with E-state index < -0.39 is 0 Å². The van der Waals surface area contributed by atoms with E-state index in [-0.39, 0.29) is 18.1 Å². The summed E-state index contributed by atoms with van der Waals surface area (Å²) in [6.07, 6.45) is 2.55. The number of fused-ring (bicyclic) bond motifs is 2. The molecule has 0 radical (unpaired) electrons. The predicted molar refractivity (Wildman–Crippen MR) is 90.0 cm³/mol. The maximum atomic E-state index is 12.9. The minimum Gasteiger partial charge on any atom is -0.369 e. The molecular weight excluding hydrogens is 320 g/mol. The standard InChI is InChI=1S/C17H20N6O2/c1-10-8-12-15(11(2)25-10)20-21-16(12)17(24)22(3)9-14-19-18-13-6-4-5-7-23(13)14/h4-7,10-11H,8-9H2,1-3H3,(H,20,21)/t10-,11+/m1/s1. The van der Waals surface area contributed by atoms with E-state index in [0.29, 0.717) is 24.5 Å². The average molecular weight is 340 g/mol. The highest BCUT2D eigenvalue weighted by molar-refractivity contribution is 5.93. The number of rotatable bonds is 3. The summed E-state index contributed by atoms with van der Waals surface area (Å²) in [6.45, 7) is 4.33. The largest absolute Gasteiger partial charge is 0.369 e. The molecule has 0 saturated heterocycles. The Morgan fingerprint density at radius 2 is 2.24 bits per heavy atom. The maximum Gasteiger partial charge on any atom is 0.274 e. The van der Waals surface area contributed by atoms with Crippen LogP contribution in [0.25, 0.3) is 5.65 Å². The molecule has 4 rings (SSSR count). The fraction of sp³-hybridized carbons (Fsp3) is 0.412. The number of aromatic amines is 1. The van der Waals surface area contributed by atoms with Crippen molar-refractivity contribution >= 4 is 11.6 Å². The van der Waals surface area contributed by atoms with Crippen LogP contribution in [0.3, 0.4) is 0 Å². The number of aromatic nitrogens is 5. The molecule has 1 amide bonds. The molecule has 130 valence electrons. The lowest BCUT2D eigenvalue weighted by molar-refractivity contribution is -0.00701. The van der Waals surface area contributed by atoms with Gasteiger partial charge in [-0.2, -0.15) is 5.10 Å². The van der Waals surface area contributed by atoms with Gasteiger partial charge in [-0.15, -0.1) is 10.2 Å². The van der Waals surface area contributed by atoms with Gasteiger partial charge in [0, 0.05) is 25.2 Å². The third-order valence-electron chi connectivity index (χ3n) is 4.55. The molecule has 2 atom stereocenters. The summed E-state index contributed by atoms with van der Waals surface area (Å²) >= 11 is 0. The van der Waals surface area contributed by atoms with E-state index in [1.54, 1.807) is 11.9 Å². The normalized spacial score (nSPS) is 19.8. The van der Waals surface area contributed by atoms with Crippen LogP contribution >= 0.6 is 0 Å². The first-order valence-electron chi connectivity index (χ1n) is 8.31. The smallest absolute Gasteiger partial charge is 0.274 e. The molecule has 1 N–H and O–H groups in total. The Bertz CT molecular complexity index is 930. The number of amides is 1. The Morgan fingerprint density at radius 3 is 3.08 bits per heavy atom. The Kier molecular flexibility index (Phi) is 3.76. The zero-order valence-electron chi connectivity index (χ0n) is 14.4. The van der Waals surface area contributed by atoms with Gasteiger partial charge in [-0.25, -0.2) is 0 Å². The molecule has 3 aromatic rings. The van der Waals surface area contributed by atoms with Crippen molar-refractivity contribution in [2.75, 3.05) is 7.05 Å². The van der Waals surface area contributed by atoms with E-state index in [0.717, 1.165) is 16.9 Å². The third-order valence-corrected chi connectivity index (χ3v) is 4.55. The van der Waals surface area contributed by atoms with Crippen molar-refractivity contribution < 1.29 is 9.53 Å². The van der Waals surface area contributed by atoms with Gasteiger partial charge in [0.15, 0.2) is 17.2 Å². The molecule has 8 nitrogen and oxygen atoms in total. The van der Waals surface area contributed by atoms with Crippen LogP contribution < -0.4 is 0 Å². The van der Waals surface area contributed by atoms with Crippen molar-refractivity contribution in [3.8, 4) is 0 Å². The molecule has 4 heterocycles. The number of ether oxygens (including phenoxy) is 1. The highest BCUT2D eigenvalue weighted by Gasteiger charge is 2.30. The van der Waals surface area contributed by atoms with Gasteiger partial charge in [0.1, 0.15) is 0 Å². The summed E-state index contributed by atoms with van der Waals surface area (Å²) in [7, 11) is 1.75. The Morgan fingerprint density at radius 1 is 1.40 bits per heavy atom. The van der Waals surface area contributed by atoms with Crippen LogP contribution in [0.2, 0.25) is 0 Å². The van der Waals surface area contributed by atoms with Gasteiger partial charge in [-0.3, -0.25) is 14.3 Å². The molecule has 0 fully saturated rings. The van der Waals surface area contributed by atoms with E-state index in [9.17, 15) is 4.79 Å².